The first-order chi connectivity index (χ1) is 30.0. The standard InChI is InChI=1S/C53H101N2O6P/c1-6-8-10-12-14-16-18-20-21-22-23-24-25-26-27-28-29-30-31-32-33-35-37-39-41-43-45-47-53(57)54-51(50-61-62(58,59)60-49-48-55(3,4)5)52(56)46-44-42-40-38-36-34-19-17-15-13-11-9-7-2/h15,17,22-23,36,38,44,46,51-52,56H,6-14,16,18-21,24-35,37,39-43,45,47-50H2,1-5H3,(H-,54,57,58,59)/p+1/b17-15+,23-22-,38-36+,46-44+. The Hall–Kier alpha value is -1.54. The third-order valence-corrected chi connectivity index (χ3v) is 12.5. The number of aliphatic hydroxyl groups excluding tert-OH is 1. The first-order valence-corrected chi connectivity index (χ1v) is 27.5. The molecule has 0 spiro atoms. The van der Waals surface area contributed by atoms with Crippen LogP contribution in [0.15, 0.2) is 48.6 Å². The third kappa shape index (κ3) is 46.5. The molecule has 0 aliphatic rings. The summed E-state index contributed by atoms with van der Waals surface area (Å²) in [5, 5.41) is 13.8. The number of nitrogens with zero attached hydrogens (tertiary/aromatic N) is 1. The smallest absolute Gasteiger partial charge is 0.387 e. The largest absolute Gasteiger partial charge is 0.472 e. The van der Waals surface area contributed by atoms with Crippen molar-refractivity contribution in [3.8, 4) is 0 Å². The minimum atomic E-state index is -4.35. The number of carbonyl (C=O) groups excluding carboxylic acids is 1. The SMILES string of the molecule is CCCCC/C=C/CC/C=C/CC/C=C/C(O)C(COP(=O)(O)OCC[N+](C)(C)C)NC(=O)CCCCCCCCCCCCCCCCC/C=C\CCCCCCCCCC. The number of hydrogen-bond donors (Lipinski definition) is 3. The van der Waals surface area contributed by atoms with Gasteiger partial charge in [-0.05, 0) is 70.6 Å². The summed E-state index contributed by atoms with van der Waals surface area (Å²) >= 11 is 0. The van der Waals surface area contributed by atoms with E-state index in [4.69, 9.17) is 9.05 Å². The predicted octanol–water partition coefficient (Wildman–Crippen LogP) is 15.2. The lowest BCUT2D eigenvalue weighted by Crippen LogP contribution is -2.45. The lowest BCUT2D eigenvalue weighted by Gasteiger charge is -2.25. The van der Waals surface area contributed by atoms with Gasteiger partial charge in [-0.25, -0.2) is 4.57 Å². The van der Waals surface area contributed by atoms with Gasteiger partial charge >= 0.3 is 7.82 Å². The van der Waals surface area contributed by atoms with E-state index in [9.17, 15) is 19.4 Å². The highest BCUT2D eigenvalue weighted by atomic mass is 31.2. The van der Waals surface area contributed by atoms with Gasteiger partial charge in [0.05, 0.1) is 39.9 Å². The van der Waals surface area contributed by atoms with Gasteiger partial charge in [-0.15, -0.1) is 0 Å². The van der Waals surface area contributed by atoms with E-state index in [0.717, 1.165) is 51.4 Å². The molecule has 0 aromatic rings. The molecule has 0 heterocycles. The Morgan fingerprint density at radius 2 is 0.887 bits per heavy atom. The van der Waals surface area contributed by atoms with Crippen LogP contribution < -0.4 is 5.32 Å². The van der Waals surface area contributed by atoms with E-state index >= 15 is 0 Å². The van der Waals surface area contributed by atoms with Crippen LogP contribution in [0.5, 0.6) is 0 Å². The van der Waals surface area contributed by atoms with Crippen molar-refractivity contribution in [3.63, 3.8) is 0 Å². The number of amides is 1. The van der Waals surface area contributed by atoms with Gasteiger partial charge in [-0.1, -0.05) is 204 Å². The van der Waals surface area contributed by atoms with Crippen molar-refractivity contribution in [2.24, 2.45) is 0 Å². The summed E-state index contributed by atoms with van der Waals surface area (Å²) in [4.78, 5) is 23.2. The van der Waals surface area contributed by atoms with Crippen molar-refractivity contribution in [2.75, 3.05) is 40.9 Å². The van der Waals surface area contributed by atoms with Crippen molar-refractivity contribution in [1.82, 2.24) is 5.32 Å². The topological polar surface area (TPSA) is 105 Å². The Morgan fingerprint density at radius 3 is 1.32 bits per heavy atom. The third-order valence-electron chi connectivity index (χ3n) is 11.5. The number of hydrogen-bond acceptors (Lipinski definition) is 5. The molecule has 3 N–H and O–H groups in total. The molecule has 3 unspecified atom stereocenters. The molecule has 0 bridgehead atoms. The maximum atomic E-state index is 12.9. The van der Waals surface area contributed by atoms with Gasteiger partial charge < -0.3 is 19.8 Å². The van der Waals surface area contributed by atoms with E-state index in [1.165, 1.54) is 161 Å². The average molecular weight is 894 g/mol. The van der Waals surface area contributed by atoms with E-state index in [1.807, 2.05) is 27.2 Å². The van der Waals surface area contributed by atoms with Crippen molar-refractivity contribution in [2.45, 2.75) is 244 Å². The number of phosphoric ester groups is 1. The van der Waals surface area contributed by atoms with Crippen molar-refractivity contribution >= 4 is 13.7 Å². The molecule has 8 nitrogen and oxygen atoms in total. The van der Waals surface area contributed by atoms with Gasteiger partial charge in [-0.3, -0.25) is 13.8 Å². The van der Waals surface area contributed by atoms with Crippen LogP contribution in [-0.2, 0) is 18.4 Å². The van der Waals surface area contributed by atoms with Gasteiger partial charge in [-0.2, -0.15) is 0 Å². The quantitative estimate of drug-likeness (QED) is 0.0243. The number of unbranched alkanes of at least 4 members (excludes halogenated alkanes) is 28. The van der Waals surface area contributed by atoms with E-state index < -0.39 is 20.0 Å². The first-order valence-electron chi connectivity index (χ1n) is 26.0. The van der Waals surface area contributed by atoms with Crippen molar-refractivity contribution in [3.05, 3.63) is 48.6 Å². The summed E-state index contributed by atoms with van der Waals surface area (Å²) in [6.07, 6.45) is 57.8. The number of likely N-dealkylation sites (N-methyl/N-ethyl adjacent to an activating group) is 1. The molecule has 0 radical (unpaired) electrons. The molecule has 62 heavy (non-hydrogen) atoms. The van der Waals surface area contributed by atoms with Gasteiger partial charge in [0.25, 0.3) is 0 Å². The Kier molecular flexibility index (Phi) is 43.5. The van der Waals surface area contributed by atoms with Crippen LogP contribution in [0.2, 0.25) is 0 Å². The maximum Gasteiger partial charge on any atom is 0.472 e. The van der Waals surface area contributed by atoms with Crippen LogP contribution in [-0.4, -0.2) is 73.4 Å². The molecule has 0 aromatic carbocycles. The van der Waals surface area contributed by atoms with Crippen molar-refractivity contribution in [1.29, 1.82) is 0 Å². The van der Waals surface area contributed by atoms with Crippen LogP contribution in [0.4, 0.5) is 0 Å². The lowest BCUT2D eigenvalue weighted by atomic mass is 10.0. The molecule has 1 amide bonds. The van der Waals surface area contributed by atoms with E-state index in [-0.39, 0.29) is 19.1 Å². The highest BCUT2D eigenvalue weighted by Gasteiger charge is 2.27. The van der Waals surface area contributed by atoms with Gasteiger partial charge in [0, 0.05) is 6.42 Å². The van der Waals surface area contributed by atoms with Crippen LogP contribution >= 0.6 is 7.82 Å². The Balaban J connectivity index is 4.18. The average Bonchev–Trinajstić information content (AvgIpc) is 3.23. The summed E-state index contributed by atoms with van der Waals surface area (Å²) < 4.78 is 23.6. The number of phosphoric acid groups is 1. The highest BCUT2D eigenvalue weighted by Crippen LogP contribution is 2.43. The molecular weight excluding hydrogens is 792 g/mol. The summed E-state index contributed by atoms with van der Waals surface area (Å²) in [5.41, 5.74) is 0. The van der Waals surface area contributed by atoms with Crippen LogP contribution in [0.3, 0.4) is 0 Å². The zero-order chi connectivity index (χ0) is 45.7. The van der Waals surface area contributed by atoms with Gasteiger partial charge in [0.2, 0.25) is 5.91 Å². The fourth-order valence-electron chi connectivity index (χ4n) is 7.36. The number of allylic oxidation sites excluding steroid dienone is 7. The molecule has 364 valence electrons. The number of carbonyl (C=O) groups is 1. The minimum absolute atomic E-state index is 0.0533. The van der Waals surface area contributed by atoms with E-state index in [0.29, 0.717) is 17.4 Å². The first kappa shape index (κ1) is 60.5. The molecule has 0 rings (SSSR count). The number of rotatable bonds is 47. The molecule has 0 fully saturated rings. The molecular formula is C53H102N2O6P+. The summed E-state index contributed by atoms with van der Waals surface area (Å²) in [7, 11) is 1.55. The number of quaternary nitrogens is 1. The molecule has 0 saturated carbocycles. The molecule has 0 aliphatic heterocycles. The highest BCUT2D eigenvalue weighted by molar-refractivity contribution is 7.47. The second kappa shape index (κ2) is 44.7. The van der Waals surface area contributed by atoms with Crippen LogP contribution in [0.25, 0.3) is 0 Å². The summed E-state index contributed by atoms with van der Waals surface area (Å²) in [5.74, 6) is -0.191. The Labute approximate surface area is 384 Å². The molecule has 0 saturated heterocycles. The van der Waals surface area contributed by atoms with Crippen LogP contribution in [0.1, 0.15) is 232 Å². The molecule has 3 atom stereocenters. The van der Waals surface area contributed by atoms with Crippen LogP contribution in [0, 0.1) is 0 Å². The van der Waals surface area contributed by atoms with Gasteiger partial charge in [0.15, 0.2) is 0 Å². The lowest BCUT2D eigenvalue weighted by molar-refractivity contribution is -0.870. The fourth-order valence-corrected chi connectivity index (χ4v) is 8.10. The number of nitrogens with one attached hydrogen (secondary N) is 1. The second-order valence-corrected chi connectivity index (χ2v) is 20.3. The summed E-state index contributed by atoms with van der Waals surface area (Å²) in [6.45, 7) is 4.76. The maximum absolute atomic E-state index is 12.9. The second-order valence-electron chi connectivity index (χ2n) is 18.9. The fraction of sp³-hybridized carbons (Fsp3) is 0.830. The van der Waals surface area contributed by atoms with E-state index in [2.05, 4.69) is 55.6 Å². The zero-order valence-electron chi connectivity index (χ0n) is 41.4. The molecule has 0 aliphatic carbocycles. The predicted molar refractivity (Wildman–Crippen MR) is 267 cm³/mol. The molecule has 0 aromatic heterocycles. The Bertz CT molecular complexity index is 1150. The normalized spacial score (nSPS) is 14.5. The van der Waals surface area contributed by atoms with Gasteiger partial charge in [0.1, 0.15) is 13.2 Å². The zero-order valence-corrected chi connectivity index (χ0v) is 42.3. The minimum Gasteiger partial charge on any atom is -0.387 e. The summed E-state index contributed by atoms with van der Waals surface area (Å²) in [6, 6.07) is -0.868. The van der Waals surface area contributed by atoms with E-state index in [1.54, 1.807) is 6.08 Å². The Morgan fingerprint density at radius 1 is 0.532 bits per heavy atom. The van der Waals surface area contributed by atoms with Crippen molar-refractivity contribution < 1.29 is 32.9 Å². The molecule has 9 heteroatoms. The number of aliphatic hydroxyl groups is 1. The monoisotopic (exact) mass is 894 g/mol.